The predicted octanol–water partition coefficient (Wildman–Crippen LogP) is 3.87. The SMILES string of the molecule is OC(CNc1ccccc1Br)c1ccc(F)cc1F. The average Bonchev–Trinajstić information content (AvgIpc) is 2.37. The van der Waals surface area contributed by atoms with Crippen LogP contribution >= 0.6 is 15.9 Å². The van der Waals surface area contributed by atoms with Gasteiger partial charge in [0, 0.05) is 28.3 Å². The normalized spacial score (nSPS) is 12.2. The van der Waals surface area contributed by atoms with Gasteiger partial charge in [0.2, 0.25) is 0 Å². The molecule has 0 fully saturated rings. The van der Waals surface area contributed by atoms with Crippen molar-refractivity contribution in [2.45, 2.75) is 6.10 Å². The summed E-state index contributed by atoms with van der Waals surface area (Å²) >= 11 is 3.36. The van der Waals surface area contributed by atoms with E-state index in [1.54, 1.807) is 0 Å². The quantitative estimate of drug-likeness (QED) is 0.893. The van der Waals surface area contributed by atoms with Crippen LogP contribution in [0.3, 0.4) is 0 Å². The maximum atomic E-state index is 13.5. The Hall–Kier alpha value is -1.46. The van der Waals surface area contributed by atoms with Crippen LogP contribution in [0.4, 0.5) is 14.5 Å². The second-order valence-electron chi connectivity index (χ2n) is 4.04. The number of rotatable bonds is 4. The minimum absolute atomic E-state index is 0.0703. The monoisotopic (exact) mass is 327 g/mol. The molecule has 0 radical (unpaired) electrons. The highest BCUT2D eigenvalue weighted by atomic mass is 79.9. The fourth-order valence-corrected chi connectivity index (χ4v) is 2.12. The summed E-state index contributed by atoms with van der Waals surface area (Å²) in [4.78, 5) is 0. The van der Waals surface area contributed by atoms with Gasteiger partial charge in [-0.3, -0.25) is 0 Å². The third kappa shape index (κ3) is 3.52. The minimum atomic E-state index is -1.05. The molecule has 0 aliphatic carbocycles. The molecule has 2 aromatic carbocycles. The van der Waals surface area contributed by atoms with Gasteiger partial charge >= 0.3 is 0 Å². The Morgan fingerprint density at radius 2 is 1.89 bits per heavy atom. The van der Waals surface area contributed by atoms with Crippen molar-refractivity contribution in [3.8, 4) is 0 Å². The molecule has 5 heteroatoms. The van der Waals surface area contributed by atoms with Crippen molar-refractivity contribution >= 4 is 21.6 Å². The zero-order chi connectivity index (χ0) is 13.8. The fourth-order valence-electron chi connectivity index (χ4n) is 1.69. The molecule has 0 amide bonds. The lowest BCUT2D eigenvalue weighted by molar-refractivity contribution is 0.186. The Kier molecular flexibility index (Phi) is 4.50. The topological polar surface area (TPSA) is 32.3 Å². The first-order chi connectivity index (χ1) is 9.08. The van der Waals surface area contributed by atoms with Crippen LogP contribution in [-0.2, 0) is 0 Å². The maximum absolute atomic E-state index is 13.5. The fraction of sp³-hybridized carbons (Fsp3) is 0.143. The van der Waals surface area contributed by atoms with Crippen LogP contribution in [0.2, 0.25) is 0 Å². The highest BCUT2D eigenvalue weighted by molar-refractivity contribution is 9.10. The van der Waals surface area contributed by atoms with Crippen LogP contribution in [-0.4, -0.2) is 11.7 Å². The maximum Gasteiger partial charge on any atom is 0.131 e. The molecule has 0 heterocycles. The van der Waals surface area contributed by atoms with Crippen LogP contribution in [0, 0.1) is 11.6 Å². The highest BCUT2D eigenvalue weighted by Crippen LogP contribution is 2.23. The lowest BCUT2D eigenvalue weighted by atomic mass is 10.1. The van der Waals surface area contributed by atoms with Gasteiger partial charge in [-0.25, -0.2) is 8.78 Å². The van der Waals surface area contributed by atoms with Crippen molar-refractivity contribution in [2.75, 3.05) is 11.9 Å². The summed E-state index contributed by atoms with van der Waals surface area (Å²) < 4.78 is 27.1. The number of aliphatic hydroxyl groups excluding tert-OH is 1. The number of nitrogens with one attached hydrogen (secondary N) is 1. The smallest absolute Gasteiger partial charge is 0.131 e. The van der Waals surface area contributed by atoms with E-state index in [1.807, 2.05) is 24.3 Å². The Labute approximate surface area is 118 Å². The van der Waals surface area contributed by atoms with Crippen LogP contribution in [0.15, 0.2) is 46.9 Å². The Balaban J connectivity index is 2.05. The van der Waals surface area contributed by atoms with E-state index in [1.165, 1.54) is 6.07 Å². The zero-order valence-corrected chi connectivity index (χ0v) is 11.5. The summed E-state index contributed by atoms with van der Waals surface area (Å²) in [5, 5.41) is 12.9. The molecule has 0 saturated carbocycles. The van der Waals surface area contributed by atoms with E-state index >= 15 is 0 Å². The van der Waals surface area contributed by atoms with E-state index < -0.39 is 17.7 Å². The number of hydrogen-bond acceptors (Lipinski definition) is 2. The number of halogens is 3. The van der Waals surface area contributed by atoms with Gasteiger partial charge in [-0.1, -0.05) is 18.2 Å². The lowest BCUT2D eigenvalue weighted by Gasteiger charge is -2.14. The number of para-hydroxylation sites is 1. The molecule has 19 heavy (non-hydrogen) atoms. The predicted molar refractivity (Wildman–Crippen MR) is 73.9 cm³/mol. The van der Waals surface area contributed by atoms with Crippen LogP contribution < -0.4 is 5.32 Å². The van der Waals surface area contributed by atoms with Crippen molar-refractivity contribution in [1.29, 1.82) is 0 Å². The van der Waals surface area contributed by atoms with E-state index in [9.17, 15) is 13.9 Å². The highest BCUT2D eigenvalue weighted by Gasteiger charge is 2.13. The molecular weight excluding hydrogens is 316 g/mol. The molecule has 0 saturated heterocycles. The molecule has 2 rings (SSSR count). The summed E-state index contributed by atoms with van der Waals surface area (Å²) in [5.74, 6) is -1.41. The molecule has 2 nitrogen and oxygen atoms in total. The first-order valence-corrected chi connectivity index (χ1v) is 6.48. The summed E-state index contributed by atoms with van der Waals surface area (Å²) in [6, 6.07) is 10.5. The van der Waals surface area contributed by atoms with E-state index in [2.05, 4.69) is 21.2 Å². The second kappa shape index (κ2) is 6.12. The van der Waals surface area contributed by atoms with Gasteiger partial charge in [0.05, 0.1) is 6.10 Å². The van der Waals surface area contributed by atoms with Crippen molar-refractivity contribution < 1.29 is 13.9 Å². The van der Waals surface area contributed by atoms with Gasteiger partial charge in [-0.2, -0.15) is 0 Å². The van der Waals surface area contributed by atoms with Gasteiger partial charge in [0.25, 0.3) is 0 Å². The van der Waals surface area contributed by atoms with E-state index in [0.29, 0.717) is 0 Å². The van der Waals surface area contributed by atoms with Crippen molar-refractivity contribution in [3.63, 3.8) is 0 Å². The Morgan fingerprint density at radius 3 is 2.58 bits per heavy atom. The van der Waals surface area contributed by atoms with E-state index in [-0.39, 0.29) is 12.1 Å². The first-order valence-electron chi connectivity index (χ1n) is 5.69. The number of benzene rings is 2. The largest absolute Gasteiger partial charge is 0.386 e. The van der Waals surface area contributed by atoms with Crippen LogP contribution in [0.5, 0.6) is 0 Å². The van der Waals surface area contributed by atoms with Crippen LogP contribution in [0.1, 0.15) is 11.7 Å². The summed E-state index contributed by atoms with van der Waals surface area (Å²) in [5.41, 5.74) is 0.866. The molecule has 0 spiro atoms. The molecule has 0 aliphatic rings. The minimum Gasteiger partial charge on any atom is -0.386 e. The molecule has 2 aromatic rings. The van der Waals surface area contributed by atoms with Gasteiger partial charge in [-0.05, 0) is 34.1 Å². The molecule has 0 bridgehead atoms. The zero-order valence-electron chi connectivity index (χ0n) is 9.91. The third-order valence-corrected chi connectivity index (χ3v) is 3.37. The lowest BCUT2D eigenvalue weighted by Crippen LogP contribution is -2.13. The van der Waals surface area contributed by atoms with Crippen molar-refractivity contribution in [2.24, 2.45) is 0 Å². The first kappa shape index (κ1) is 14.0. The third-order valence-electron chi connectivity index (χ3n) is 2.68. The number of hydrogen-bond donors (Lipinski definition) is 2. The average molecular weight is 328 g/mol. The van der Waals surface area contributed by atoms with Crippen molar-refractivity contribution in [1.82, 2.24) is 0 Å². The van der Waals surface area contributed by atoms with E-state index in [4.69, 9.17) is 0 Å². The standard InChI is InChI=1S/C14H12BrF2NO/c15-11-3-1-2-4-13(11)18-8-14(19)10-6-5-9(16)7-12(10)17/h1-7,14,18-19H,8H2. The molecule has 0 aliphatic heterocycles. The summed E-state index contributed by atoms with van der Waals surface area (Å²) in [6.07, 6.45) is -1.05. The Bertz CT molecular complexity index is 577. The van der Waals surface area contributed by atoms with Crippen LogP contribution in [0.25, 0.3) is 0 Å². The summed E-state index contributed by atoms with van der Waals surface area (Å²) in [7, 11) is 0. The van der Waals surface area contributed by atoms with Gasteiger partial charge < -0.3 is 10.4 Å². The number of aliphatic hydroxyl groups is 1. The Morgan fingerprint density at radius 1 is 1.16 bits per heavy atom. The van der Waals surface area contributed by atoms with Gasteiger partial charge in [-0.15, -0.1) is 0 Å². The number of anilines is 1. The molecule has 0 aromatic heterocycles. The molecule has 2 N–H and O–H groups in total. The molecule has 1 atom stereocenters. The second-order valence-corrected chi connectivity index (χ2v) is 4.90. The van der Waals surface area contributed by atoms with E-state index in [0.717, 1.165) is 22.3 Å². The van der Waals surface area contributed by atoms with Crippen molar-refractivity contribution in [3.05, 3.63) is 64.1 Å². The van der Waals surface area contributed by atoms with Gasteiger partial charge in [0.15, 0.2) is 0 Å². The van der Waals surface area contributed by atoms with Gasteiger partial charge in [0.1, 0.15) is 11.6 Å². The molecule has 1 unspecified atom stereocenters. The molecular formula is C14H12BrF2NO. The molecule has 100 valence electrons. The summed E-state index contributed by atoms with van der Waals surface area (Å²) in [6.45, 7) is 0.130.